The maximum Gasteiger partial charge on any atom is 0.226 e. The van der Waals surface area contributed by atoms with E-state index in [0.717, 1.165) is 5.95 Å². The average molecular weight is 381 g/mol. The van der Waals surface area contributed by atoms with E-state index >= 15 is 0 Å². The number of pyridine rings is 1. The Morgan fingerprint density at radius 3 is 2.39 bits per heavy atom. The van der Waals surface area contributed by atoms with Crippen molar-refractivity contribution in [3.63, 3.8) is 0 Å². The monoisotopic (exact) mass is 381 g/mol. The summed E-state index contributed by atoms with van der Waals surface area (Å²) in [6.45, 7) is 9.99. The molecule has 0 amide bonds. The zero-order valence-corrected chi connectivity index (χ0v) is 15.2. The van der Waals surface area contributed by atoms with Crippen LogP contribution in [0.4, 0.5) is 26.1 Å². The van der Waals surface area contributed by atoms with E-state index in [1.165, 1.54) is 30.5 Å². The molecule has 1 aliphatic heterocycles. The second-order valence-corrected chi connectivity index (χ2v) is 6.49. The minimum atomic E-state index is -0.635. The molecular formula is C19H17F2N7. The Balaban J connectivity index is 1.70. The summed E-state index contributed by atoms with van der Waals surface area (Å²) in [6, 6.07) is 5.42. The van der Waals surface area contributed by atoms with Crippen molar-refractivity contribution in [2.75, 3.05) is 36.0 Å². The smallest absolute Gasteiger partial charge is 0.226 e. The molecule has 0 saturated carbocycles. The molecule has 142 valence electrons. The summed E-state index contributed by atoms with van der Waals surface area (Å²) in [7, 11) is 1.88. The Kier molecular flexibility index (Phi) is 4.61. The fourth-order valence-electron chi connectivity index (χ4n) is 3.46. The number of benzene rings is 1. The molecule has 0 N–H and O–H groups in total. The van der Waals surface area contributed by atoms with Gasteiger partial charge in [-0.1, -0.05) is 6.07 Å². The van der Waals surface area contributed by atoms with Crippen LogP contribution in [0.3, 0.4) is 0 Å². The van der Waals surface area contributed by atoms with Crippen molar-refractivity contribution in [1.82, 2.24) is 19.7 Å². The number of aryl methyl sites for hydroxylation is 1. The molecule has 2 aromatic heterocycles. The first-order valence-corrected chi connectivity index (χ1v) is 8.74. The molecule has 1 aliphatic rings. The van der Waals surface area contributed by atoms with Gasteiger partial charge in [0, 0.05) is 50.6 Å². The van der Waals surface area contributed by atoms with Crippen LogP contribution in [0.1, 0.15) is 0 Å². The zero-order chi connectivity index (χ0) is 19.7. The summed E-state index contributed by atoms with van der Waals surface area (Å²) >= 11 is 0. The third-order valence-electron chi connectivity index (χ3n) is 4.81. The van der Waals surface area contributed by atoms with E-state index in [1.807, 2.05) is 16.5 Å². The Hall–Kier alpha value is -3.54. The molecule has 0 bridgehead atoms. The molecule has 3 aromatic rings. The highest BCUT2D eigenvalue weighted by molar-refractivity contribution is 5.88. The van der Waals surface area contributed by atoms with Gasteiger partial charge in [-0.2, -0.15) is 4.39 Å². The lowest BCUT2D eigenvalue weighted by atomic mass is 10.0. The van der Waals surface area contributed by atoms with Crippen molar-refractivity contribution in [1.29, 1.82) is 0 Å². The molecule has 0 aliphatic carbocycles. The van der Waals surface area contributed by atoms with Crippen LogP contribution in [-0.2, 0) is 7.05 Å². The van der Waals surface area contributed by atoms with Crippen molar-refractivity contribution in [2.45, 2.75) is 0 Å². The van der Waals surface area contributed by atoms with E-state index in [-0.39, 0.29) is 5.56 Å². The number of rotatable bonds is 3. The maximum atomic E-state index is 14.8. The van der Waals surface area contributed by atoms with Crippen molar-refractivity contribution >= 4 is 17.3 Å². The van der Waals surface area contributed by atoms with Crippen LogP contribution in [0.2, 0.25) is 0 Å². The van der Waals surface area contributed by atoms with E-state index in [1.54, 1.807) is 6.33 Å². The van der Waals surface area contributed by atoms with E-state index in [4.69, 9.17) is 6.57 Å². The first kappa shape index (κ1) is 17.9. The van der Waals surface area contributed by atoms with E-state index in [0.29, 0.717) is 43.1 Å². The number of aromatic nitrogens is 4. The molecule has 28 heavy (non-hydrogen) atoms. The van der Waals surface area contributed by atoms with Crippen LogP contribution in [0, 0.1) is 18.3 Å². The minimum Gasteiger partial charge on any atom is -0.376 e. The van der Waals surface area contributed by atoms with Gasteiger partial charge in [0.15, 0.2) is 0 Å². The Morgan fingerprint density at radius 1 is 1.04 bits per heavy atom. The molecule has 3 heterocycles. The van der Waals surface area contributed by atoms with Gasteiger partial charge in [-0.15, -0.1) is 10.2 Å². The highest BCUT2D eigenvalue weighted by Crippen LogP contribution is 2.41. The summed E-state index contributed by atoms with van der Waals surface area (Å²) < 4.78 is 29.9. The highest BCUT2D eigenvalue weighted by Gasteiger charge is 2.26. The summed E-state index contributed by atoms with van der Waals surface area (Å²) in [4.78, 5) is 11.3. The van der Waals surface area contributed by atoms with Crippen LogP contribution in [0.25, 0.3) is 16.0 Å². The lowest BCUT2D eigenvalue weighted by Crippen LogP contribution is -2.47. The van der Waals surface area contributed by atoms with Crippen LogP contribution in [0.15, 0.2) is 36.8 Å². The molecule has 0 radical (unpaired) electrons. The van der Waals surface area contributed by atoms with E-state index in [2.05, 4.69) is 24.9 Å². The summed E-state index contributed by atoms with van der Waals surface area (Å²) in [6.07, 6.45) is 2.94. The van der Waals surface area contributed by atoms with Gasteiger partial charge in [-0.05, 0) is 18.2 Å². The summed E-state index contributed by atoms with van der Waals surface area (Å²) in [5, 5.41) is 8.03. The zero-order valence-electron chi connectivity index (χ0n) is 15.2. The lowest BCUT2D eigenvalue weighted by Gasteiger charge is -2.37. The number of halogens is 2. The van der Waals surface area contributed by atoms with Gasteiger partial charge in [0.25, 0.3) is 0 Å². The highest BCUT2D eigenvalue weighted by atomic mass is 19.1. The molecule has 9 heteroatoms. The topological polar surface area (TPSA) is 54.4 Å². The van der Waals surface area contributed by atoms with Gasteiger partial charge in [0.1, 0.15) is 12.1 Å². The van der Waals surface area contributed by atoms with Gasteiger partial charge in [-0.25, -0.2) is 14.2 Å². The fraction of sp³-hybridized carbons (Fsp3) is 0.263. The van der Waals surface area contributed by atoms with Gasteiger partial charge in [0.05, 0.1) is 12.3 Å². The summed E-state index contributed by atoms with van der Waals surface area (Å²) in [5.41, 5.74) is 1.58. The van der Waals surface area contributed by atoms with Crippen molar-refractivity contribution in [3.05, 3.63) is 60.0 Å². The molecule has 7 nitrogen and oxygen atoms in total. The molecule has 1 aromatic carbocycles. The number of hydrogen-bond acceptors (Lipinski definition) is 5. The molecule has 1 fully saturated rings. The number of nitrogens with zero attached hydrogens (tertiary/aromatic N) is 7. The predicted molar refractivity (Wildman–Crippen MR) is 101 cm³/mol. The van der Waals surface area contributed by atoms with Gasteiger partial charge < -0.3 is 14.4 Å². The first-order valence-electron chi connectivity index (χ1n) is 8.74. The SMILES string of the molecule is [C-]#[N+]c1ccc(F)c(-c2ccc(F)nc2)c1N1CCN(c2nncn2C)CC1. The van der Waals surface area contributed by atoms with Crippen molar-refractivity contribution in [3.8, 4) is 11.1 Å². The van der Waals surface area contributed by atoms with E-state index in [9.17, 15) is 8.78 Å². The predicted octanol–water partition coefficient (Wildman–Crippen LogP) is 3.03. The molecular weight excluding hydrogens is 364 g/mol. The fourth-order valence-corrected chi connectivity index (χ4v) is 3.46. The maximum absolute atomic E-state index is 14.8. The second-order valence-electron chi connectivity index (χ2n) is 6.49. The summed E-state index contributed by atoms with van der Waals surface area (Å²) in [5.74, 6) is -0.330. The molecule has 0 spiro atoms. The average Bonchev–Trinajstić information content (AvgIpc) is 3.14. The Morgan fingerprint density at radius 2 is 1.79 bits per heavy atom. The minimum absolute atomic E-state index is 0.271. The molecule has 1 saturated heterocycles. The number of anilines is 2. The van der Waals surface area contributed by atoms with Crippen LogP contribution in [-0.4, -0.2) is 45.9 Å². The van der Waals surface area contributed by atoms with Crippen LogP contribution >= 0.6 is 0 Å². The van der Waals surface area contributed by atoms with Crippen LogP contribution in [0.5, 0.6) is 0 Å². The standard InChI is InChI=1S/C19H17F2N7/c1-22-15-5-4-14(20)17(13-3-6-16(21)23-11-13)18(15)27-7-9-28(10-8-27)19-25-24-12-26(19)2/h3-6,11-12H,7-10H2,2H3. The quantitative estimate of drug-likeness (QED) is 0.516. The number of piperazine rings is 1. The van der Waals surface area contributed by atoms with Crippen molar-refractivity contribution < 1.29 is 8.78 Å². The molecule has 0 atom stereocenters. The van der Waals surface area contributed by atoms with Gasteiger partial charge in [0.2, 0.25) is 17.6 Å². The molecule has 4 rings (SSSR count). The lowest BCUT2D eigenvalue weighted by molar-refractivity contribution is 0.583. The first-order chi connectivity index (χ1) is 13.6. The third-order valence-corrected chi connectivity index (χ3v) is 4.81. The normalized spacial score (nSPS) is 14.2. The Labute approximate surface area is 160 Å². The largest absolute Gasteiger partial charge is 0.376 e. The molecule has 0 unspecified atom stereocenters. The third kappa shape index (κ3) is 3.13. The van der Waals surface area contributed by atoms with Crippen LogP contribution < -0.4 is 9.80 Å². The Bertz CT molecular complexity index is 1030. The number of hydrogen-bond donors (Lipinski definition) is 0. The van der Waals surface area contributed by atoms with E-state index < -0.39 is 11.8 Å². The van der Waals surface area contributed by atoms with Gasteiger partial charge >= 0.3 is 0 Å². The second kappa shape index (κ2) is 7.23. The van der Waals surface area contributed by atoms with Gasteiger partial charge in [-0.3, -0.25) is 0 Å². The van der Waals surface area contributed by atoms with Crippen molar-refractivity contribution in [2.24, 2.45) is 7.05 Å².